The van der Waals surface area contributed by atoms with Gasteiger partial charge in [-0.05, 0) is 25.6 Å². The number of imidazole rings is 1. The number of benzene rings is 1. The largest absolute Gasteiger partial charge is 0.497 e. The second-order valence-corrected chi connectivity index (χ2v) is 4.72. The lowest BCUT2D eigenvalue weighted by Gasteiger charge is -2.21. The van der Waals surface area contributed by atoms with Crippen molar-refractivity contribution in [3.05, 3.63) is 30.1 Å². The minimum Gasteiger partial charge on any atom is -0.497 e. The van der Waals surface area contributed by atoms with Crippen LogP contribution in [0.2, 0.25) is 0 Å². The number of nitrogens with one attached hydrogen (secondary N) is 1. The van der Waals surface area contributed by atoms with Crippen molar-refractivity contribution in [1.29, 1.82) is 0 Å². The molecule has 0 radical (unpaired) electrons. The highest BCUT2D eigenvalue weighted by Gasteiger charge is 2.13. The van der Waals surface area contributed by atoms with Gasteiger partial charge in [-0.1, -0.05) is 6.08 Å². The molecule has 0 bridgehead atoms. The van der Waals surface area contributed by atoms with E-state index in [-0.39, 0.29) is 0 Å². The van der Waals surface area contributed by atoms with Gasteiger partial charge in [-0.15, -0.1) is 0 Å². The molecule has 18 heavy (non-hydrogen) atoms. The molecule has 1 aromatic carbocycles. The summed E-state index contributed by atoms with van der Waals surface area (Å²) >= 11 is 0. The summed E-state index contributed by atoms with van der Waals surface area (Å²) in [6, 6.07) is 5.91. The highest BCUT2D eigenvalue weighted by Crippen LogP contribution is 2.23. The zero-order valence-electron chi connectivity index (χ0n) is 10.7. The average Bonchev–Trinajstić information content (AvgIpc) is 2.81. The zero-order valence-corrected chi connectivity index (χ0v) is 10.7. The summed E-state index contributed by atoms with van der Waals surface area (Å²) in [4.78, 5) is 10.3. The SMILES string of the molecule is COc1ccc2nc(C3=CCCN(C)C3)[nH]c2c1. The summed E-state index contributed by atoms with van der Waals surface area (Å²) in [5.74, 6) is 1.83. The normalized spacial score (nSPS) is 16.9. The molecule has 0 unspecified atom stereocenters. The Balaban J connectivity index is 2.00. The molecule has 0 saturated carbocycles. The van der Waals surface area contributed by atoms with Gasteiger partial charge in [0, 0.05) is 24.7 Å². The monoisotopic (exact) mass is 243 g/mol. The first-order valence-corrected chi connectivity index (χ1v) is 6.18. The lowest BCUT2D eigenvalue weighted by atomic mass is 10.1. The smallest absolute Gasteiger partial charge is 0.135 e. The Morgan fingerprint density at radius 3 is 3.06 bits per heavy atom. The summed E-state index contributed by atoms with van der Waals surface area (Å²) < 4.78 is 5.22. The molecule has 1 aromatic heterocycles. The van der Waals surface area contributed by atoms with Crippen molar-refractivity contribution in [3.63, 3.8) is 0 Å². The lowest BCUT2D eigenvalue weighted by molar-refractivity contribution is 0.372. The first-order valence-electron chi connectivity index (χ1n) is 6.18. The fraction of sp³-hybridized carbons (Fsp3) is 0.357. The van der Waals surface area contributed by atoms with Gasteiger partial charge < -0.3 is 14.6 Å². The number of aromatic amines is 1. The summed E-state index contributed by atoms with van der Waals surface area (Å²) in [6.45, 7) is 2.08. The molecular formula is C14H17N3O. The molecule has 3 rings (SSSR count). The number of rotatable bonds is 2. The molecule has 4 nitrogen and oxygen atoms in total. The average molecular weight is 243 g/mol. The maximum Gasteiger partial charge on any atom is 0.135 e. The zero-order chi connectivity index (χ0) is 12.5. The summed E-state index contributed by atoms with van der Waals surface area (Å²) in [7, 11) is 3.82. The van der Waals surface area contributed by atoms with Crippen LogP contribution in [-0.2, 0) is 0 Å². The van der Waals surface area contributed by atoms with E-state index in [9.17, 15) is 0 Å². The van der Waals surface area contributed by atoms with Crippen molar-refractivity contribution < 1.29 is 4.74 Å². The van der Waals surface area contributed by atoms with E-state index in [1.807, 2.05) is 18.2 Å². The molecule has 0 amide bonds. The van der Waals surface area contributed by atoms with Gasteiger partial charge in [0.2, 0.25) is 0 Å². The van der Waals surface area contributed by atoms with Gasteiger partial charge in [-0.3, -0.25) is 0 Å². The Labute approximate surface area is 106 Å². The quantitative estimate of drug-likeness (QED) is 0.879. The van der Waals surface area contributed by atoms with Gasteiger partial charge in [-0.25, -0.2) is 4.98 Å². The second-order valence-electron chi connectivity index (χ2n) is 4.72. The van der Waals surface area contributed by atoms with Crippen molar-refractivity contribution in [2.45, 2.75) is 6.42 Å². The fourth-order valence-corrected chi connectivity index (χ4v) is 2.33. The molecule has 0 fully saturated rings. The van der Waals surface area contributed by atoms with Crippen molar-refractivity contribution >= 4 is 16.6 Å². The maximum absolute atomic E-state index is 5.22. The van der Waals surface area contributed by atoms with Gasteiger partial charge in [0.1, 0.15) is 11.6 Å². The van der Waals surface area contributed by atoms with Crippen LogP contribution in [0.15, 0.2) is 24.3 Å². The number of likely N-dealkylation sites (N-methyl/N-ethyl adjacent to an activating group) is 1. The molecule has 4 heteroatoms. The predicted octanol–water partition coefficient (Wildman–Crippen LogP) is 2.29. The van der Waals surface area contributed by atoms with E-state index in [4.69, 9.17) is 4.74 Å². The number of nitrogens with zero attached hydrogens (tertiary/aromatic N) is 2. The van der Waals surface area contributed by atoms with Crippen LogP contribution in [0.5, 0.6) is 5.75 Å². The number of aromatic nitrogens is 2. The summed E-state index contributed by atoms with van der Waals surface area (Å²) in [5, 5.41) is 0. The maximum atomic E-state index is 5.22. The van der Waals surface area contributed by atoms with E-state index in [1.165, 1.54) is 5.57 Å². The molecule has 0 aliphatic carbocycles. The molecule has 1 N–H and O–H groups in total. The molecule has 1 aliphatic heterocycles. The van der Waals surface area contributed by atoms with Gasteiger partial charge in [-0.2, -0.15) is 0 Å². The summed E-state index contributed by atoms with van der Waals surface area (Å²) in [5.41, 5.74) is 3.29. The molecule has 0 spiro atoms. The number of hydrogen-bond donors (Lipinski definition) is 1. The van der Waals surface area contributed by atoms with Crippen molar-refractivity contribution in [1.82, 2.24) is 14.9 Å². The minimum atomic E-state index is 0.854. The van der Waals surface area contributed by atoms with Gasteiger partial charge in [0.15, 0.2) is 0 Å². The molecule has 94 valence electrons. The van der Waals surface area contributed by atoms with Crippen LogP contribution in [0.4, 0.5) is 0 Å². The van der Waals surface area contributed by atoms with Crippen molar-refractivity contribution in [2.24, 2.45) is 0 Å². The van der Waals surface area contributed by atoms with Crippen LogP contribution >= 0.6 is 0 Å². The molecule has 1 aliphatic rings. The van der Waals surface area contributed by atoms with Crippen LogP contribution in [0.25, 0.3) is 16.6 Å². The fourth-order valence-electron chi connectivity index (χ4n) is 2.33. The summed E-state index contributed by atoms with van der Waals surface area (Å²) in [6.07, 6.45) is 3.36. The number of H-pyrrole nitrogens is 1. The van der Waals surface area contributed by atoms with Gasteiger partial charge in [0.25, 0.3) is 0 Å². The number of methoxy groups -OCH3 is 1. The highest BCUT2D eigenvalue weighted by atomic mass is 16.5. The Morgan fingerprint density at radius 1 is 1.39 bits per heavy atom. The topological polar surface area (TPSA) is 41.1 Å². The highest BCUT2D eigenvalue weighted by molar-refractivity contribution is 5.80. The lowest BCUT2D eigenvalue weighted by Crippen LogP contribution is -2.25. The molecule has 0 saturated heterocycles. The van der Waals surface area contributed by atoms with E-state index in [0.717, 1.165) is 42.1 Å². The van der Waals surface area contributed by atoms with Crippen LogP contribution in [-0.4, -0.2) is 42.1 Å². The third-order valence-corrected chi connectivity index (χ3v) is 3.34. The number of fused-ring (bicyclic) bond motifs is 1. The van der Waals surface area contributed by atoms with E-state index in [0.29, 0.717) is 0 Å². The van der Waals surface area contributed by atoms with Crippen molar-refractivity contribution in [2.75, 3.05) is 27.2 Å². The van der Waals surface area contributed by atoms with Gasteiger partial charge in [0.05, 0.1) is 18.1 Å². The third-order valence-electron chi connectivity index (χ3n) is 3.34. The van der Waals surface area contributed by atoms with Gasteiger partial charge >= 0.3 is 0 Å². The Hall–Kier alpha value is -1.81. The second kappa shape index (κ2) is 4.46. The number of ether oxygens (including phenoxy) is 1. The van der Waals surface area contributed by atoms with Crippen LogP contribution in [0.3, 0.4) is 0 Å². The van der Waals surface area contributed by atoms with E-state index in [1.54, 1.807) is 7.11 Å². The standard InChI is InChI=1S/C14H17N3O/c1-17-7-3-4-10(9-17)14-15-12-6-5-11(18-2)8-13(12)16-14/h4-6,8H,3,7,9H2,1-2H3,(H,15,16). The Morgan fingerprint density at radius 2 is 2.28 bits per heavy atom. The van der Waals surface area contributed by atoms with Crippen LogP contribution < -0.4 is 4.74 Å². The molecule has 2 aromatic rings. The molecular weight excluding hydrogens is 226 g/mol. The predicted molar refractivity (Wildman–Crippen MR) is 72.7 cm³/mol. The van der Waals surface area contributed by atoms with E-state index >= 15 is 0 Å². The van der Waals surface area contributed by atoms with Crippen LogP contribution in [0.1, 0.15) is 12.2 Å². The first-order chi connectivity index (χ1) is 8.76. The van der Waals surface area contributed by atoms with Crippen molar-refractivity contribution in [3.8, 4) is 5.75 Å². The number of hydrogen-bond acceptors (Lipinski definition) is 3. The Kier molecular flexibility index (Phi) is 2.80. The Bertz CT molecular complexity index is 600. The third kappa shape index (κ3) is 1.99. The van der Waals surface area contributed by atoms with E-state index in [2.05, 4.69) is 28.0 Å². The molecule has 0 atom stereocenters. The van der Waals surface area contributed by atoms with E-state index < -0.39 is 0 Å². The minimum absolute atomic E-state index is 0.854. The molecule has 2 heterocycles. The first kappa shape index (κ1) is 11.3. The van der Waals surface area contributed by atoms with Crippen LogP contribution in [0, 0.1) is 0 Å².